The molecule has 0 saturated carbocycles. The lowest BCUT2D eigenvalue weighted by Gasteiger charge is -2.22. The number of carbonyl (C=O) groups is 2. The molecule has 2 amide bonds. The van der Waals surface area contributed by atoms with Crippen LogP contribution in [0.2, 0.25) is 0 Å². The molecular formula is C27H24N4O2S. The van der Waals surface area contributed by atoms with Crippen LogP contribution in [-0.2, 0) is 9.59 Å². The van der Waals surface area contributed by atoms with Crippen LogP contribution in [0.4, 0.5) is 10.8 Å². The highest BCUT2D eigenvalue weighted by Gasteiger charge is 2.26. The van der Waals surface area contributed by atoms with E-state index in [1.807, 2.05) is 85.8 Å². The first kappa shape index (κ1) is 22.0. The molecule has 1 aliphatic rings. The average molecular weight is 469 g/mol. The highest BCUT2D eigenvalue weighted by Crippen LogP contribution is 2.35. The zero-order valence-electron chi connectivity index (χ0n) is 18.8. The van der Waals surface area contributed by atoms with Crippen LogP contribution in [0.25, 0.3) is 10.2 Å². The Bertz CT molecular complexity index is 1350. The van der Waals surface area contributed by atoms with Gasteiger partial charge in [0.25, 0.3) is 0 Å². The molecular weight excluding hydrogens is 444 g/mol. The van der Waals surface area contributed by atoms with Gasteiger partial charge in [0.05, 0.1) is 28.2 Å². The van der Waals surface area contributed by atoms with Crippen LogP contribution in [0.15, 0.2) is 84.0 Å². The summed E-state index contributed by atoms with van der Waals surface area (Å²) in [6, 6.07) is 25.4. The fourth-order valence-corrected chi connectivity index (χ4v) is 5.04. The Morgan fingerprint density at radius 3 is 2.47 bits per heavy atom. The Balaban J connectivity index is 1.35. The summed E-state index contributed by atoms with van der Waals surface area (Å²) in [6.07, 6.45) is 0.887. The van der Waals surface area contributed by atoms with E-state index in [9.17, 15) is 9.59 Å². The van der Waals surface area contributed by atoms with Gasteiger partial charge in [-0.1, -0.05) is 72.0 Å². The third-order valence-electron chi connectivity index (χ3n) is 5.83. The van der Waals surface area contributed by atoms with Crippen molar-refractivity contribution in [3.05, 3.63) is 90.0 Å². The van der Waals surface area contributed by atoms with Gasteiger partial charge in [0.2, 0.25) is 11.8 Å². The van der Waals surface area contributed by atoms with Gasteiger partial charge < -0.3 is 0 Å². The Labute approximate surface area is 202 Å². The smallest absolute Gasteiger partial charge is 0.243 e. The van der Waals surface area contributed by atoms with Crippen molar-refractivity contribution >= 4 is 49.9 Å². The second-order valence-corrected chi connectivity index (χ2v) is 9.17. The van der Waals surface area contributed by atoms with Gasteiger partial charge >= 0.3 is 0 Å². The summed E-state index contributed by atoms with van der Waals surface area (Å²) in [7, 11) is 0. The van der Waals surface area contributed by atoms with Gasteiger partial charge in [-0.15, -0.1) is 0 Å². The van der Waals surface area contributed by atoms with Crippen LogP contribution < -0.4 is 4.90 Å². The van der Waals surface area contributed by atoms with Crippen molar-refractivity contribution in [2.45, 2.75) is 26.2 Å². The fraction of sp³-hybridized carbons (Fsp3) is 0.185. The SMILES string of the molecule is Cc1ccccc1N(C(=O)CCC(=O)N1CCC(c2ccccc2)=N1)c1nc2ccccc2s1. The molecule has 0 aliphatic carbocycles. The predicted octanol–water partition coefficient (Wildman–Crippen LogP) is 5.69. The Hall–Kier alpha value is -3.84. The van der Waals surface area contributed by atoms with E-state index in [1.54, 1.807) is 4.90 Å². The Kier molecular flexibility index (Phi) is 6.18. The molecule has 6 nitrogen and oxygen atoms in total. The third kappa shape index (κ3) is 4.47. The monoisotopic (exact) mass is 468 g/mol. The number of benzene rings is 3. The molecule has 1 aliphatic heterocycles. The van der Waals surface area contributed by atoms with Crippen LogP contribution in [0.3, 0.4) is 0 Å². The molecule has 0 unspecified atom stereocenters. The topological polar surface area (TPSA) is 65.9 Å². The number of aryl methyl sites for hydroxylation is 1. The molecule has 4 aromatic rings. The van der Waals surface area contributed by atoms with Crippen LogP contribution in [0, 0.1) is 6.92 Å². The first-order valence-electron chi connectivity index (χ1n) is 11.3. The second kappa shape index (κ2) is 9.57. The summed E-state index contributed by atoms with van der Waals surface area (Å²) in [4.78, 5) is 32.7. The molecule has 0 fully saturated rings. The zero-order valence-corrected chi connectivity index (χ0v) is 19.7. The van der Waals surface area contributed by atoms with E-state index in [-0.39, 0.29) is 24.7 Å². The standard InChI is InChI=1S/C27H24N4O2S/c1-19-9-5-7-13-23(19)31(27-28-22-12-6-8-14-24(22)34-27)26(33)16-15-25(32)30-18-17-21(29-30)20-10-3-2-4-11-20/h2-14H,15-18H2,1H3. The summed E-state index contributed by atoms with van der Waals surface area (Å²) < 4.78 is 1.01. The summed E-state index contributed by atoms with van der Waals surface area (Å²) in [5.74, 6) is -0.304. The minimum Gasteiger partial charge on any atom is -0.274 e. The number of aromatic nitrogens is 1. The molecule has 0 N–H and O–H groups in total. The number of anilines is 2. The average Bonchev–Trinajstić information content (AvgIpc) is 3.52. The van der Waals surface area contributed by atoms with Gasteiger partial charge in [0.1, 0.15) is 0 Å². The molecule has 0 radical (unpaired) electrons. The number of carbonyl (C=O) groups excluding carboxylic acids is 2. The molecule has 5 rings (SSSR count). The van der Waals surface area contributed by atoms with Crippen molar-refractivity contribution in [3.63, 3.8) is 0 Å². The van der Waals surface area contributed by atoms with Crippen molar-refractivity contribution in [2.24, 2.45) is 5.10 Å². The highest BCUT2D eigenvalue weighted by molar-refractivity contribution is 7.22. The zero-order chi connectivity index (χ0) is 23.5. The molecule has 170 valence electrons. The van der Waals surface area contributed by atoms with E-state index >= 15 is 0 Å². The summed E-state index contributed by atoms with van der Waals surface area (Å²) in [5.41, 5.74) is 4.53. The van der Waals surface area contributed by atoms with E-state index in [2.05, 4.69) is 5.10 Å². The summed E-state index contributed by atoms with van der Waals surface area (Å²) in [5, 5.41) is 6.61. The van der Waals surface area contributed by atoms with Crippen molar-refractivity contribution in [1.29, 1.82) is 0 Å². The van der Waals surface area contributed by atoms with Gasteiger partial charge in [0.15, 0.2) is 5.13 Å². The Morgan fingerprint density at radius 1 is 0.941 bits per heavy atom. The lowest BCUT2D eigenvalue weighted by atomic mass is 10.1. The highest BCUT2D eigenvalue weighted by atomic mass is 32.1. The predicted molar refractivity (Wildman–Crippen MR) is 136 cm³/mol. The van der Waals surface area contributed by atoms with E-state index < -0.39 is 0 Å². The van der Waals surface area contributed by atoms with Gasteiger partial charge in [-0.2, -0.15) is 5.10 Å². The molecule has 7 heteroatoms. The van der Waals surface area contributed by atoms with Crippen molar-refractivity contribution in [3.8, 4) is 0 Å². The van der Waals surface area contributed by atoms with E-state index in [0.717, 1.165) is 32.7 Å². The second-order valence-electron chi connectivity index (χ2n) is 8.16. The largest absolute Gasteiger partial charge is 0.274 e. The Morgan fingerprint density at radius 2 is 1.68 bits per heavy atom. The number of fused-ring (bicyclic) bond motifs is 1. The molecule has 1 aromatic heterocycles. The van der Waals surface area contributed by atoms with Gasteiger partial charge in [-0.25, -0.2) is 9.99 Å². The lowest BCUT2D eigenvalue weighted by Crippen LogP contribution is -2.29. The molecule has 0 bridgehead atoms. The minimum absolute atomic E-state index is 0.0791. The minimum atomic E-state index is -0.159. The number of rotatable bonds is 6. The third-order valence-corrected chi connectivity index (χ3v) is 6.85. The maximum Gasteiger partial charge on any atom is 0.243 e. The quantitative estimate of drug-likeness (QED) is 0.365. The van der Waals surface area contributed by atoms with Crippen LogP contribution >= 0.6 is 11.3 Å². The fourth-order valence-electron chi connectivity index (χ4n) is 4.04. The maximum atomic E-state index is 13.5. The van der Waals surface area contributed by atoms with Gasteiger partial charge in [0, 0.05) is 19.3 Å². The molecule has 0 spiro atoms. The van der Waals surface area contributed by atoms with E-state index in [1.165, 1.54) is 16.3 Å². The number of nitrogens with zero attached hydrogens (tertiary/aromatic N) is 4. The summed E-state index contributed by atoms with van der Waals surface area (Å²) >= 11 is 1.47. The van der Waals surface area contributed by atoms with Gasteiger partial charge in [-0.3, -0.25) is 14.5 Å². The number of hydrogen-bond donors (Lipinski definition) is 0. The summed E-state index contributed by atoms with van der Waals surface area (Å²) in [6.45, 7) is 2.51. The lowest BCUT2D eigenvalue weighted by molar-refractivity contribution is -0.132. The molecule has 2 heterocycles. The molecule has 34 heavy (non-hydrogen) atoms. The van der Waals surface area contributed by atoms with Crippen LogP contribution in [-0.4, -0.2) is 34.1 Å². The molecule has 0 saturated heterocycles. The number of para-hydroxylation sites is 2. The van der Waals surface area contributed by atoms with Crippen molar-refractivity contribution in [1.82, 2.24) is 9.99 Å². The normalized spacial score (nSPS) is 13.2. The number of hydrogen-bond acceptors (Lipinski definition) is 5. The van der Waals surface area contributed by atoms with Crippen molar-refractivity contribution < 1.29 is 9.59 Å². The van der Waals surface area contributed by atoms with E-state index in [0.29, 0.717) is 18.1 Å². The molecule has 0 atom stereocenters. The van der Waals surface area contributed by atoms with E-state index in [4.69, 9.17) is 4.98 Å². The maximum absolute atomic E-state index is 13.5. The van der Waals surface area contributed by atoms with Gasteiger partial charge in [-0.05, 0) is 36.2 Å². The first-order chi connectivity index (χ1) is 16.6. The first-order valence-corrected chi connectivity index (χ1v) is 12.1. The van der Waals surface area contributed by atoms with Crippen LogP contribution in [0.1, 0.15) is 30.4 Å². The van der Waals surface area contributed by atoms with Crippen molar-refractivity contribution in [2.75, 3.05) is 11.4 Å². The molecule has 3 aromatic carbocycles. The van der Waals surface area contributed by atoms with Crippen LogP contribution in [0.5, 0.6) is 0 Å². The number of amides is 2. The number of thiazole rings is 1. The number of hydrazone groups is 1.